The minimum atomic E-state index is 0.358. The zero-order valence-corrected chi connectivity index (χ0v) is 10.6. The van der Waals surface area contributed by atoms with Crippen LogP contribution in [0, 0.1) is 0 Å². The molecule has 0 radical (unpaired) electrons. The lowest BCUT2D eigenvalue weighted by molar-refractivity contribution is -0.118. The molecule has 16 heavy (non-hydrogen) atoms. The quantitative estimate of drug-likeness (QED) is 0.538. The molecule has 1 aromatic rings. The smallest absolute Gasteiger partial charge is 0.137 e. The van der Waals surface area contributed by atoms with E-state index in [1.54, 1.807) is 0 Å². The first-order valence-electron chi connectivity index (χ1n) is 5.99. The fourth-order valence-electron chi connectivity index (χ4n) is 1.70. The number of Topliss-reactive ketones (excluding diaryl/α,β-unsaturated/α-hetero) is 1. The van der Waals surface area contributed by atoms with Crippen LogP contribution in [-0.4, -0.2) is 11.5 Å². The Morgan fingerprint density at radius 3 is 2.38 bits per heavy atom. The van der Waals surface area contributed by atoms with Crippen molar-refractivity contribution in [3.05, 3.63) is 35.9 Å². The highest BCUT2D eigenvalue weighted by molar-refractivity contribution is 7.80. The van der Waals surface area contributed by atoms with Crippen LogP contribution >= 0.6 is 12.6 Å². The molecule has 0 saturated heterocycles. The van der Waals surface area contributed by atoms with Crippen molar-refractivity contribution < 1.29 is 4.79 Å². The topological polar surface area (TPSA) is 17.1 Å². The molecule has 0 aliphatic heterocycles. The predicted octanol–water partition coefficient (Wildman–Crippen LogP) is 3.68. The van der Waals surface area contributed by atoms with Gasteiger partial charge in [-0.3, -0.25) is 4.79 Å². The summed E-state index contributed by atoms with van der Waals surface area (Å²) in [6.07, 6.45) is 5.85. The van der Waals surface area contributed by atoms with Crippen LogP contribution in [0.25, 0.3) is 0 Å². The minimum absolute atomic E-state index is 0.358. The van der Waals surface area contributed by atoms with Gasteiger partial charge in [-0.1, -0.05) is 43.2 Å². The van der Waals surface area contributed by atoms with Crippen molar-refractivity contribution in [2.45, 2.75) is 38.5 Å². The third-order valence-corrected chi connectivity index (χ3v) is 2.92. The SMILES string of the molecule is O=C(CCCCCCS)Cc1ccccc1. The fraction of sp³-hybridized carbons (Fsp3) is 0.500. The Morgan fingerprint density at radius 1 is 1.00 bits per heavy atom. The van der Waals surface area contributed by atoms with E-state index in [1.807, 2.05) is 30.3 Å². The van der Waals surface area contributed by atoms with Gasteiger partial charge >= 0.3 is 0 Å². The number of unbranched alkanes of at least 4 members (excludes halogenated alkanes) is 3. The molecule has 1 aromatic carbocycles. The summed E-state index contributed by atoms with van der Waals surface area (Å²) in [7, 11) is 0. The van der Waals surface area contributed by atoms with Gasteiger partial charge in [0, 0.05) is 12.8 Å². The third kappa shape index (κ3) is 5.96. The van der Waals surface area contributed by atoms with Gasteiger partial charge < -0.3 is 0 Å². The summed E-state index contributed by atoms with van der Waals surface area (Å²) in [4.78, 5) is 11.6. The molecule has 0 unspecified atom stereocenters. The summed E-state index contributed by atoms with van der Waals surface area (Å²) < 4.78 is 0. The van der Waals surface area contributed by atoms with Crippen molar-refractivity contribution in [1.29, 1.82) is 0 Å². The molecule has 0 aliphatic rings. The van der Waals surface area contributed by atoms with E-state index in [0.717, 1.165) is 37.0 Å². The largest absolute Gasteiger partial charge is 0.299 e. The summed E-state index contributed by atoms with van der Waals surface area (Å²) in [5.74, 6) is 1.31. The second kappa shape index (κ2) is 8.40. The number of hydrogen-bond acceptors (Lipinski definition) is 2. The average Bonchev–Trinajstić information content (AvgIpc) is 2.30. The molecule has 0 saturated carbocycles. The highest BCUT2D eigenvalue weighted by Crippen LogP contribution is 2.07. The zero-order chi connectivity index (χ0) is 11.6. The molecule has 1 rings (SSSR count). The number of carbonyl (C=O) groups excluding carboxylic acids is 1. The Bertz CT molecular complexity index is 295. The standard InChI is InChI=1S/C14H20OS/c15-14(10-6-1-2-7-11-16)12-13-8-4-3-5-9-13/h3-5,8-9,16H,1-2,6-7,10-12H2. The molecule has 1 nitrogen and oxygen atoms in total. The molecule has 2 heteroatoms. The zero-order valence-electron chi connectivity index (χ0n) is 9.69. The van der Waals surface area contributed by atoms with E-state index in [9.17, 15) is 4.79 Å². The second-order valence-electron chi connectivity index (χ2n) is 4.09. The maximum absolute atomic E-state index is 11.6. The van der Waals surface area contributed by atoms with Crippen LogP contribution in [0.15, 0.2) is 30.3 Å². The van der Waals surface area contributed by atoms with E-state index in [1.165, 1.54) is 6.42 Å². The van der Waals surface area contributed by atoms with Crippen LogP contribution < -0.4 is 0 Å². The van der Waals surface area contributed by atoms with E-state index >= 15 is 0 Å². The summed E-state index contributed by atoms with van der Waals surface area (Å²) in [6.45, 7) is 0. The molecular weight excluding hydrogens is 216 g/mol. The van der Waals surface area contributed by atoms with Crippen LogP contribution in [0.1, 0.15) is 37.7 Å². The lowest BCUT2D eigenvalue weighted by Crippen LogP contribution is -2.02. The van der Waals surface area contributed by atoms with Crippen LogP contribution in [-0.2, 0) is 11.2 Å². The van der Waals surface area contributed by atoms with E-state index in [4.69, 9.17) is 0 Å². The number of thiol groups is 1. The molecule has 0 amide bonds. The molecule has 0 spiro atoms. The Hall–Kier alpha value is -0.760. The van der Waals surface area contributed by atoms with Crippen molar-refractivity contribution in [2.24, 2.45) is 0 Å². The van der Waals surface area contributed by atoms with Gasteiger partial charge in [0.25, 0.3) is 0 Å². The number of hydrogen-bond donors (Lipinski definition) is 1. The minimum Gasteiger partial charge on any atom is -0.299 e. The number of benzene rings is 1. The van der Waals surface area contributed by atoms with Gasteiger partial charge in [0.2, 0.25) is 0 Å². The number of carbonyl (C=O) groups is 1. The van der Waals surface area contributed by atoms with Crippen molar-refractivity contribution >= 4 is 18.4 Å². The van der Waals surface area contributed by atoms with Gasteiger partial charge in [-0.25, -0.2) is 0 Å². The Balaban J connectivity index is 2.12. The van der Waals surface area contributed by atoms with Crippen molar-refractivity contribution in [3.8, 4) is 0 Å². The summed E-state index contributed by atoms with van der Waals surface area (Å²) in [6, 6.07) is 9.97. The van der Waals surface area contributed by atoms with Gasteiger partial charge in [0.1, 0.15) is 5.78 Å². The van der Waals surface area contributed by atoms with E-state index in [0.29, 0.717) is 12.2 Å². The molecule has 0 aliphatic carbocycles. The Morgan fingerprint density at radius 2 is 1.69 bits per heavy atom. The highest BCUT2D eigenvalue weighted by atomic mass is 32.1. The lowest BCUT2D eigenvalue weighted by Gasteiger charge is -2.01. The van der Waals surface area contributed by atoms with E-state index in [-0.39, 0.29) is 0 Å². The summed E-state index contributed by atoms with van der Waals surface area (Å²) in [5.41, 5.74) is 1.13. The summed E-state index contributed by atoms with van der Waals surface area (Å²) in [5, 5.41) is 0. The molecule has 0 aromatic heterocycles. The maximum Gasteiger partial charge on any atom is 0.137 e. The average molecular weight is 236 g/mol. The Kier molecular flexibility index (Phi) is 6.98. The normalized spacial score (nSPS) is 10.3. The number of ketones is 1. The molecular formula is C14H20OS. The molecule has 0 bridgehead atoms. The summed E-state index contributed by atoms with van der Waals surface area (Å²) >= 11 is 4.16. The van der Waals surface area contributed by atoms with Gasteiger partial charge in [0.05, 0.1) is 0 Å². The molecule has 0 heterocycles. The third-order valence-electron chi connectivity index (χ3n) is 2.61. The van der Waals surface area contributed by atoms with Crippen LogP contribution in [0.3, 0.4) is 0 Å². The Labute approximate surface area is 104 Å². The lowest BCUT2D eigenvalue weighted by atomic mass is 10.0. The van der Waals surface area contributed by atoms with Crippen LogP contribution in [0.5, 0.6) is 0 Å². The molecule has 0 atom stereocenters. The van der Waals surface area contributed by atoms with E-state index < -0.39 is 0 Å². The fourth-order valence-corrected chi connectivity index (χ4v) is 1.92. The van der Waals surface area contributed by atoms with Gasteiger partial charge in [-0.15, -0.1) is 0 Å². The highest BCUT2D eigenvalue weighted by Gasteiger charge is 2.02. The first kappa shape index (κ1) is 13.3. The van der Waals surface area contributed by atoms with Crippen molar-refractivity contribution in [3.63, 3.8) is 0 Å². The van der Waals surface area contributed by atoms with Gasteiger partial charge in [0.15, 0.2) is 0 Å². The first-order valence-corrected chi connectivity index (χ1v) is 6.62. The van der Waals surface area contributed by atoms with E-state index in [2.05, 4.69) is 12.6 Å². The first-order chi connectivity index (χ1) is 7.83. The van der Waals surface area contributed by atoms with Crippen molar-refractivity contribution in [1.82, 2.24) is 0 Å². The van der Waals surface area contributed by atoms with Crippen LogP contribution in [0.4, 0.5) is 0 Å². The maximum atomic E-state index is 11.6. The van der Waals surface area contributed by atoms with Gasteiger partial charge in [-0.2, -0.15) is 12.6 Å². The monoisotopic (exact) mass is 236 g/mol. The number of rotatable bonds is 8. The van der Waals surface area contributed by atoms with Crippen LogP contribution in [0.2, 0.25) is 0 Å². The second-order valence-corrected chi connectivity index (χ2v) is 4.54. The molecule has 88 valence electrons. The van der Waals surface area contributed by atoms with Crippen molar-refractivity contribution in [2.75, 3.05) is 5.75 Å². The van der Waals surface area contributed by atoms with Gasteiger partial charge in [-0.05, 0) is 24.2 Å². The predicted molar refractivity (Wildman–Crippen MR) is 72.1 cm³/mol. The molecule has 0 fully saturated rings. The molecule has 0 N–H and O–H groups in total.